The first-order valence-electron chi connectivity index (χ1n) is 8.12. The van der Waals surface area contributed by atoms with Crippen LogP contribution in [0.1, 0.15) is 11.1 Å². The maximum Gasteiger partial charge on any atom is 0.282 e. The normalized spacial score (nSPS) is 12.1. The van der Waals surface area contributed by atoms with Crippen LogP contribution >= 0.6 is 0 Å². The standard InChI is InChI=1S/C18H17N3O7/c1-25-14-4-3-11(5-15(14)26-2)6-18(22)20-19-9-12-7-16-17(28-10-27-16)8-13(12)21(23)24/h3-5,7-9H,6,10H2,1-2H3,(H,20,22)/b19-9-. The van der Waals surface area contributed by atoms with Gasteiger partial charge in [-0.05, 0) is 23.8 Å². The van der Waals surface area contributed by atoms with Gasteiger partial charge >= 0.3 is 0 Å². The summed E-state index contributed by atoms with van der Waals surface area (Å²) in [5.41, 5.74) is 3.01. The summed E-state index contributed by atoms with van der Waals surface area (Å²) in [5, 5.41) is 15.0. The van der Waals surface area contributed by atoms with Gasteiger partial charge in [-0.25, -0.2) is 5.43 Å². The summed E-state index contributed by atoms with van der Waals surface area (Å²) in [6.45, 7) is -0.00482. The molecule has 1 aliphatic heterocycles. The number of benzene rings is 2. The van der Waals surface area contributed by atoms with E-state index < -0.39 is 10.8 Å². The Morgan fingerprint density at radius 1 is 1.21 bits per heavy atom. The van der Waals surface area contributed by atoms with E-state index in [1.54, 1.807) is 18.2 Å². The van der Waals surface area contributed by atoms with Gasteiger partial charge in [-0.1, -0.05) is 6.07 Å². The molecule has 0 saturated carbocycles. The molecule has 0 unspecified atom stereocenters. The molecule has 146 valence electrons. The minimum absolute atomic E-state index is 0.00482. The number of carbonyl (C=O) groups excluding carboxylic acids is 1. The fourth-order valence-corrected chi connectivity index (χ4v) is 2.60. The Balaban J connectivity index is 1.68. The van der Waals surface area contributed by atoms with Crippen molar-refractivity contribution in [2.45, 2.75) is 6.42 Å². The van der Waals surface area contributed by atoms with Gasteiger partial charge in [0.15, 0.2) is 23.0 Å². The molecule has 0 fully saturated rings. The first-order chi connectivity index (χ1) is 13.5. The molecule has 10 heteroatoms. The van der Waals surface area contributed by atoms with Crippen LogP contribution in [0, 0.1) is 10.1 Å². The van der Waals surface area contributed by atoms with E-state index in [1.165, 1.54) is 32.6 Å². The molecule has 1 aliphatic rings. The third-order valence-electron chi connectivity index (χ3n) is 3.92. The number of carbonyl (C=O) groups is 1. The largest absolute Gasteiger partial charge is 0.493 e. The topological polar surface area (TPSA) is 122 Å². The molecule has 2 aromatic rings. The number of nitro groups is 1. The van der Waals surface area contributed by atoms with Gasteiger partial charge in [0, 0.05) is 0 Å². The second-order valence-corrected chi connectivity index (χ2v) is 5.68. The molecule has 0 atom stereocenters. The van der Waals surface area contributed by atoms with E-state index in [2.05, 4.69) is 10.5 Å². The van der Waals surface area contributed by atoms with Gasteiger partial charge < -0.3 is 18.9 Å². The van der Waals surface area contributed by atoms with Crippen molar-refractivity contribution in [3.8, 4) is 23.0 Å². The summed E-state index contributed by atoms with van der Waals surface area (Å²) in [6.07, 6.45) is 1.23. The van der Waals surface area contributed by atoms with E-state index in [-0.39, 0.29) is 24.5 Å². The van der Waals surface area contributed by atoms with Crippen LogP contribution in [-0.4, -0.2) is 38.1 Å². The van der Waals surface area contributed by atoms with Gasteiger partial charge in [0.25, 0.3) is 5.69 Å². The van der Waals surface area contributed by atoms with E-state index in [0.717, 1.165) is 0 Å². The summed E-state index contributed by atoms with van der Waals surface area (Å²) >= 11 is 0. The molecule has 0 bridgehead atoms. The second kappa shape index (κ2) is 8.25. The lowest BCUT2D eigenvalue weighted by Crippen LogP contribution is -2.19. The molecule has 1 amide bonds. The van der Waals surface area contributed by atoms with E-state index in [4.69, 9.17) is 18.9 Å². The van der Waals surface area contributed by atoms with Crippen LogP contribution < -0.4 is 24.4 Å². The molecule has 1 N–H and O–H groups in total. The lowest BCUT2D eigenvalue weighted by molar-refractivity contribution is -0.385. The SMILES string of the molecule is COc1ccc(CC(=O)N/N=C\c2cc3c(cc2[N+](=O)[O-])OCO3)cc1OC. The molecular formula is C18H17N3O7. The summed E-state index contributed by atoms with van der Waals surface area (Å²) in [7, 11) is 3.03. The number of nitrogens with zero attached hydrogens (tertiary/aromatic N) is 2. The quantitative estimate of drug-likeness (QED) is 0.438. The molecule has 10 nitrogen and oxygen atoms in total. The van der Waals surface area contributed by atoms with Crippen molar-refractivity contribution in [3.63, 3.8) is 0 Å². The van der Waals surface area contributed by atoms with Gasteiger partial charge in [0.2, 0.25) is 12.7 Å². The highest BCUT2D eigenvalue weighted by Crippen LogP contribution is 2.37. The first kappa shape index (κ1) is 19.0. The van der Waals surface area contributed by atoms with E-state index in [9.17, 15) is 14.9 Å². The molecular weight excluding hydrogens is 370 g/mol. The number of hydrogen-bond acceptors (Lipinski definition) is 8. The number of methoxy groups -OCH3 is 2. The lowest BCUT2D eigenvalue weighted by Gasteiger charge is -2.09. The summed E-state index contributed by atoms with van der Waals surface area (Å²) in [4.78, 5) is 22.7. The first-order valence-corrected chi connectivity index (χ1v) is 8.12. The zero-order valence-electron chi connectivity index (χ0n) is 15.1. The molecule has 28 heavy (non-hydrogen) atoms. The van der Waals surface area contributed by atoms with Gasteiger partial charge in [0.1, 0.15) is 0 Å². The maximum atomic E-state index is 12.1. The van der Waals surface area contributed by atoms with E-state index in [1.807, 2.05) is 0 Å². The number of hydrogen-bond donors (Lipinski definition) is 1. The van der Waals surface area contributed by atoms with E-state index >= 15 is 0 Å². The monoisotopic (exact) mass is 387 g/mol. The van der Waals surface area contributed by atoms with Crippen molar-refractivity contribution in [3.05, 3.63) is 51.6 Å². The van der Waals surface area contributed by atoms with Crippen LogP contribution in [0.3, 0.4) is 0 Å². The van der Waals surface area contributed by atoms with Crippen LogP contribution in [0.5, 0.6) is 23.0 Å². The van der Waals surface area contributed by atoms with Gasteiger partial charge in [0.05, 0.1) is 43.4 Å². The molecule has 3 rings (SSSR count). The van der Waals surface area contributed by atoms with Crippen molar-refractivity contribution in [2.24, 2.45) is 5.10 Å². The van der Waals surface area contributed by atoms with Crippen molar-refractivity contribution in [1.29, 1.82) is 0 Å². The third kappa shape index (κ3) is 4.11. The Kier molecular flexibility index (Phi) is 5.58. The number of rotatable bonds is 7. The minimum Gasteiger partial charge on any atom is -0.493 e. The number of nitro benzene ring substituents is 1. The Hall–Kier alpha value is -3.82. The zero-order chi connectivity index (χ0) is 20.1. The predicted molar refractivity (Wildman–Crippen MR) is 98.2 cm³/mol. The van der Waals surface area contributed by atoms with Crippen molar-refractivity contribution < 1.29 is 28.7 Å². The number of ether oxygens (including phenoxy) is 4. The van der Waals surface area contributed by atoms with Crippen LogP contribution in [-0.2, 0) is 11.2 Å². The Labute approximate surface area is 159 Å². The van der Waals surface area contributed by atoms with Gasteiger partial charge in [-0.2, -0.15) is 5.10 Å². The van der Waals surface area contributed by atoms with Gasteiger partial charge in [-0.15, -0.1) is 0 Å². The summed E-state index contributed by atoms with van der Waals surface area (Å²) in [5.74, 6) is 1.34. The lowest BCUT2D eigenvalue weighted by atomic mass is 10.1. The highest BCUT2D eigenvalue weighted by molar-refractivity contribution is 5.88. The third-order valence-corrected chi connectivity index (χ3v) is 3.92. The van der Waals surface area contributed by atoms with Crippen LogP contribution in [0.25, 0.3) is 0 Å². The molecule has 0 aromatic heterocycles. The molecule has 0 spiro atoms. The number of amides is 1. The van der Waals surface area contributed by atoms with Crippen molar-refractivity contribution in [1.82, 2.24) is 5.43 Å². The fraction of sp³-hybridized carbons (Fsp3) is 0.222. The maximum absolute atomic E-state index is 12.1. The second-order valence-electron chi connectivity index (χ2n) is 5.68. The fourth-order valence-electron chi connectivity index (χ4n) is 2.60. The highest BCUT2D eigenvalue weighted by atomic mass is 16.7. The average molecular weight is 387 g/mol. The Morgan fingerprint density at radius 3 is 2.61 bits per heavy atom. The zero-order valence-corrected chi connectivity index (χ0v) is 15.1. The number of nitrogens with one attached hydrogen (secondary N) is 1. The van der Waals surface area contributed by atoms with Crippen molar-refractivity contribution in [2.75, 3.05) is 21.0 Å². The smallest absolute Gasteiger partial charge is 0.282 e. The van der Waals surface area contributed by atoms with E-state index in [0.29, 0.717) is 28.6 Å². The summed E-state index contributed by atoms with van der Waals surface area (Å²) < 4.78 is 20.7. The highest BCUT2D eigenvalue weighted by Gasteiger charge is 2.22. The minimum atomic E-state index is -0.561. The molecule has 0 saturated heterocycles. The predicted octanol–water partition coefficient (Wildman–Crippen LogP) is 2.03. The van der Waals surface area contributed by atoms with Crippen LogP contribution in [0.4, 0.5) is 5.69 Å². The number of fused-ring (bicyclic) bond motifs is 1. The van der Waals surface area contributed by atoms with Crippen molar-refractivity contribution >= 4 is 17.8 Å². The van der Waals surface area contributed by atoms with Crippen LogP contribution in [0.2, 0.25) is 0 Å². The molecule has 1 heterocycles. The Morgan fingerprint density at radius 2 is 1.93 bits per heavy atom. The summed E-state index contributed by atoms with van der Waals surface area (Å²) in [6, 6.07) is 7.80. The molecule has 2 aromatic carbocycles. The average Bonchev–Trinajstić information content (AvgIpc) is 3.14. The molecule has 0 aliphatic carbocycles. The van der Waals surface area contributed by atoms with Crippen LogP contribution in [0.15, 0.2) is 35.4 Å². The van der Waals surface area contributed by atoms with Gasteiger partial charge in [-0.3, -0.25) is 14.9 Å². The molecule has 0 radical (unpaired) electrons. The number of hydrazone groups is 1. The Bertz CT molecular complexity index is 943.